The SMILES string of the molecule is CB1c2ccccc2Cc2ccccc21.CC.CC. The van der Waals surface area contributed by atoms with Crippen LogP contribution in [0.2, 0.25) is 6.82 Å². The van der Waals surface area contributed by atoms with Crippen LogP contribution in [0, 0.1) is 0 Å². The Morgan fingerprint density at radius 3 is 1.47 bits per heavy atom. The normalized spacial score (nSPS) is 11.1. The van der Waals surface area contributed by atoms with Crippen molar-refractivity contribution in [1.29, 1.82) is 0 Å². The number of rotatable bonds is 0. The van der Waals surface area contributed by atoms with Crippen molar-refractivity contribution in [2.75, 3.05) is 0 Å². The fourth-order valence-corrected chi connectivity index (χ4v) is 2.61. The van der Waals surface area contributed by atoms with Crippen molar-refractivity contribution in [3.8, 4) is 0 Å². The topological polar surface area (TPSA) is 0 Å². The average Bonchev–Trinajstić information content (AvgIpc) is 2.52. The van der Waals surface area contributed by atoms with E-state index < -0.39 is 0 Å². The molecule has 0 saturated heterocycles. The molecule has 0 aliphatic carbocycles. The minimum atomic E-state index is 0.547. The molecule has 1 heteroatoms. The molecule has 0 saturated carbocycles. The van der Waals surface area contributed by atoms with E-state index in [1.54, 1.807) is 0 Å². The highest BCUT2D eigenvalue weighted by Crippen LogP contribution is 2.13. The van der Waals surface area contributed by atoms with Crippen LogP contribution in [0.3, 0.4) is 0 Å². The largest absolute Gasteiger partial charge is 0.206 e. The van der Waals surface area contributed by atoms with Crippen LogP contribution < -0.4 is 10.9 Å². The zero-order valence-corrected chi connectivity index (χ0v) is 12.9. The molecule has 0 atom stereocenters. The van der Waals surface area contributed by atoms with Gasteiger partial charge in [0.2, 0.25) is 6.71 Å². The van der Waals surface area contributed by atoms with Gasteiger partial charge in [0, 0.05) is 0 Å². The van der Waals surface area contributed by atoms with Gasteiger partial charge in [-0.3, -0.25) is 0 Å². The monoisotopic (exact) mass is 252 g/mol. The van der Waals surface area contributed by atoms with E-state index in [2.05, 4.69) is 55.4 Å². The molecule has 1 aliphatic rings. The van der Waals surface area contributed by atoms with Crippen LogP contribution in [0.15, 0.2) is 48.5 Å². The van der Waals surface area contributed by atoms with E-state index in [0.29, 0.717) is 6.71 Å². The van der Waals surface area contributed by atoms with Gasteiger partial charge in [-0.15, -0.1) is 0 Å². The Morgan fingerprint density at radius 2 is 1.05 bits per heavy atom. The van der Waals surface area contributed by atoms with Gasteiger partial charge < -0.3 is 0 Å². The molecule has 0 nitrogen and oxygen atoms in total. The first-order valence-electron chi connectivity index (χ1n) is 7.52. The Bertz CT molecular complexity index is 457. The molecule has 0 radical (unpaired) electrons. The summed E-state index contributed by atoms with van der Waals surface area (Å²) in [5.74, 6) is 0. The molecule has 1 aliphatic heterocycles. The standard InChI is InChI=1S/C14H13B.2C2H6/c1-15-13-8-4-2-6-11(13)10-12-7-3-5-9-14(12)15;2*1-2/h2-9H,10H2,1H3;2*1-2H3. The van der Waals surface area contributed by atoms with Gasteiger partial charge in [0.05, 0.1) is 0 Å². The van der Waals surface area contributed by atoms with Crippen LogP contribution in [0.4, 0.5) is 0 Å². The van der Waals surface area contributed by atoms with Gasteiger partial charge in [-0.25, -0.2) is 0 Å². The predicted octanol–water partition coefficient (Wildman–Crippen LogP) is 3.88. The second-order valence-corrected chi connectivity index (χ2v) is 4.30. The van der Waals surface area contributed by atoms with Crippen molar-refractivity contribution in [3.63, 3.8) is 0 Å². The molecule has 2 aromatic carbocycles. The van der Waals surface area contributed by atoms with Crippen molar-refractivity contribution in [2.45, 2.75) is 40.9 Å². The molecule has 0 bridgehead atoms. The van der Waals surface area contributed by atoms with Gasteiger partial charge in [-0.2, -0.15) is 0 Å². The third-order valence-corrected chi connectivity index (χ3v) is 3.42. The zero-order valence-electron chi connectivity index (χ0n) is 12.9. The first-order valence-corrected chi connectivity index (χ1v) is 7.52. The van der Waals surface area contributed by atoms with Crippen LogP contribution in [0.25, 0.3) is 0 Å². The molecule has 1 heterocycles. The molecule has 19 heavy (non-hydrogen) atoms. The van der Waals surface area contributed by atoms with Crippen LogP contribution >= 0.6 is 0 Å². The van der Waals surface area contributed by atoms with E-state index in [4.69, 9.17) is 0 Å². The van der Waals surface area contributed by atoms with Crippen LogP contribution in [0.1, 0.15) is 38.8 Å². The maximum Gasteiger partial charge on any atom is 0.206 e. The summed E-state index contributed by atoms with van der Waals surface area (Å²) in [6.07, 6.45) is 1.09. The lowest BCUT2D eigenvalue weighted by atomic mass is 9.39. The summed E-state index contributed by atoms with van der Waals surface area (Å²) in [5.41, 5.74) is 5.97. The Kier molecular flexibility index (Phi) is 6.42. The minimum absolute atomic E-state index is 0.547. The van der Waals surface area contributed by atoms with Crippen molar-refractivity contribution < 1.29 is 0 Å². The quantitative estimate of drug-likeness (QED) is 0.624. The fraction of sp³-hybridized carbons (Fsp3) is 0.333. The van der Waals surface area contributed by atoms with Gasteiger partial charge in [0.25, 0.3) is 0 Å². The van der Waals surface area contributed by atoms with Gasteiger partial charge in [-0.1, -0.05) is 94.0 Å². The number of fused-ring (bicyclic) bond motifs is 2. The van der Waals surface area contributed by atoms with Gasteiger partial charge in [-0.05, 0) is 17.5 Å². The van der Waals surface area contributed by atoms with Crippen LogP contribution in [-0.4, -0.2) is 6.71 Å². The fourth-order valence-electron chi connectivity index (χ4n) is 2.61. The number of benzene rings is 2. The second kappa shape index (κ2) is 7.83. The van der Waals surface area contributed by atoms with Crippen LogP contribution in [-0.2, 0) is 6.42 Å². The van der Waals surface area contributed by atoms with E-state index >= 15 is 0 Å². The second-order valence-electron chi connectivity index (χ2n) is 4.30. The van der Waals surface area contributed by atoms with Crippen molar-refractivity contribution in [3.05, 3.63) is 59.7 Å². The summed E-state index contributed by atoms with van der Waals surface area (Å²) < 4.78 is 0. The molecule has 0 amide bonds. The number of hydrogen-bond acceptors (Lipinski definition) is 0. The summed E-state index contributed by atoms with van der Waals surface area (Å²) >= 11 is 0. The summed E-state index contributed by atoms with van der Waals surface area (Å²) in [5, 5.41) is 0. The van der Waals surface area contributed by atoms with E-state index in [0.717, 1.165) is 6.42 Å². The highest BCUT2D eigenvalue weighted by atomic mass is 14.1. The smallest absolute Gasteiger partial charge is 0.0774 e. The molecule has 100 valence electrons. The Labute approximate surface area is 119 Å². The van der Waals surface area contributed by atoms with Crippen molar-refractivity contribution >= 4 is 17.6 Å². The lowest BCUT2D eigenvalue weighted by Crippen LogP contribution is -2.46. The molecule has 0 unspecified atom stereocenters. The first kappa shape index (κ1) is 15.6. The maximum atomic E-state index is 2.30. The number of hydrogen-bond donors (Lipinski definition) is 0. The highest BCUT2D eigenvalue weighted by molar-refractivity contribution is 6.85. The van der Waals surface area contributed by atoms with E-state index in [1.165, 1.54) is 22.1 Å². The Morgan fingerprint density at radius 1 is 0.684 bits per heavy atom. The molecular weight excluding hydrogens is 227 g/mol. The first-order chi connectivity index (χ1) is 9.36. The molecule has 2 aromatic rings. The summed E-state index contributed by atoms with van der Waals surface area (Å²) in [6, 6.07) is 17.6. The van der Waals surface area contributed by atoms with Gasteiger partial charge in [0.1, 0.15) is 0 Å². The molecular formula is C18H25B. The van der Waals surface area contributed by atoms with Crippen LogP contribution in [0.5, 0.6) is 0 Å². The molecule has 0 N–H and O–H groups in total. The Balaban J connectivity index is 0.000000415. The summed E-state index contributed by atoms with van der Waals surface area (Å²) in [6.45, 7) is 10.8. The third kappa shape index (κ3) is 3.29. The minimum Gasteiger partial charge on any atom is -0.0774 e. The van der Waals surface area contributed by atoms with E-state index in [-0.39, 0.29) is 0 Å². The van der Waals surface area contributed by atoms with E-state index in [1.807, 2.05) is 27.7 Å². The average molecular weight is 252 g/mol. The molecule has 3 rings (SSSR count). The highest BCUT2D eigenvalue weighted by Gasteiger charge is 2.23. The lowest BCUT2D eigenvalue weighted by Gasteiger charge is -2.23. The molecule has 0 spiro atoms. The lowest BCUT2D eigenvalue weighted by molar-refractivity contribution is 1.21. The predicted molar refractivity (Wildman–Crippen MR) is 89.3 cm³/mol. The van der Waals surface area contributed by atoms with Gasteiger partial charge in [0.15, 0.2) is 0 Å². The molecule has 0 aromatic heterocycles. The van der Waals surface area contributed by atoms with Gasteiger partial charge >= 0.3 is 0 Å². The van der Waals surface area contributed by atoms with E-state index in [9.17, 15) is 0 Å². The zero-order chi connectivity index (χ0) is 14.3. The molecule has 0 fully saturated rings. The summed E-state index contributed by atoms with van der Waals surface area (Å²) in [4.78, 5) is 0. The van der Waals surface area contributed by atoms with Crippen molar-refractivity contribution in [2.24, 2.45) is 0 Å². The maximum absolute atomic E-state index is 2.30. The summed E-state index contributed by atoms with van der Waals surface area (Å²) in [7, 11) is 0. The third-order valence-electron chi connectivity index (χ3n) is 3.42. The van der Waals surface area contributed by atoms with Crippen molar-refractivity contribution in [1.82, 2.24) is 0 Å². The Hall–Kier alpha value is -1.50.